The molecule has 1 aromatic heterocycles. The van der Waals surface area contributed by atoms with Crippen LogP contribution in [0.15, 0.2) is 34.9 Å². The number of methoxy groups -OCH3 is 1. The molecular formula is C15H15BrN2O3. The maximum Gasteiger partial charge on any atom is 0.219 e. The normalized spacial score (nSPS) is 10.2. The zero-order chi connectivity index (χ0) is 15.4. The van der Waals surface area contributed by atoms with E-state index in [4.69, 9.17) is 15.2 Å². The fourth-order valence-electron chi connectivity index (χ4n) is 1.90. The number of nitrogens with two attached hydrogens (primary N) is 1. The van der Waals surface area contributed by atoms with Crippen LogP contribution in [0.5, 0.6) is 11.6 Å². The number of nitrogens with zero attached hydrogens (tertiary/aromatic N) is 1. The number of pyridine rings is 1. The van der Waals surface area contributed by atoms with Crippen LogP contribution in [0.2, 0.25) is 0 Å². The highest BCUT2D eigenvalue weighted by Crippen LogP contribution is 2.32. The van der Waals surface area contributed by atoms with Gasteiger partial charge < -0.3 is 15.2 Å². The maximum absolute atomic E-state index is 11.7. The predicted molar refractivity (Wildman–Crippen MR) is 83.7 cm³/mol. The summed E-state index contributed by atoms with van der Waals surface area (Å²) in [6, 6.07) is 7.02. The molecule has 0 saturated carbocycles. The molecule has 0 aliphatic rings. The van der Waals surface area contributed by atoms with E-state index in [1.165, 1.54) is 6.92 Å². The second-order valence-electron chi connectivity index (χ2n) is 4.39. The van der Waals surface area contributed by atoms with Gasteiger partial charge in [0.2, 0.25) is 5.88 Å². The van der Waals surface area contributed by atoms with E-state index < -0.39 is 0 Å². The van der Waals surface area contributed by atoms with Gasteiger partial charge in [-0.25, -0.2) is 4.98 Å². The minimum atomic E-state index is -0.115. The Balaban J connectivity index is 2.30. The molecule has 0 spiro atoms. The molecule has 110 valence electrons. The van der Waals surface area contributed by atoms with Gasteiger partial charge >= 0.3 is 0 Å². The van der Waals surface area contributed by atoms with E-state index in [2.05, 4.69) is 20.9 Å². The topological polar surface area (TPSA) is 74.4 Å². The van der Waals surface area contributed by atoms with Gasteiger partial charge in [-0.2, -0.15) is 0 Å². The summed E-state index contributed by atoms with van der Waals surface area (Å²) >= 11 is 3.32. The standard InChI is InChI=1S/C15H15BrN2O3/c1-9(19)12-6-11(16)7-13(17)14(12)21-8-10-4-3-5-18-15(10)20-2/h3-7H,8,17H2,1-2H3. The lowest BCUT2D eigenvalue weighted by molar-refractivity contribution is 0.101. The highest BCUT2D eigenvalue weighted by Gasteiger charge is 2.14. The van der Waals surface area contributed by atoms with Crippen molar-refractivity contribution in [1.29, 1.82) is 0 Å². The summed E-state index contributed by atoms with van der Waals surface area (Å²) in [5.74, 6) is 0.741. The third kappa shape index (κ3) is 3.52. The van der Waals surface area contributed by atoms with Crippen LogP contribution in [0.25, 0.3) is 0 Å². The van der Waals surface area contributed by atoms with E-state index in [0.29, 0.717) is 22.9 Å². The SMILES string of the molecule is COc1ncccc1COc1c(N)cc(Br)cc1C(C)=O. The van der Waals surface area contributed by atoms with Crippen molar-refractivity contribution in [3.8, 4) is 11.6 Å². The molecule has 0 aliphatic carbocycles. The number of hydrogen-bond donors (Lipinski definition) is 1. The highest BCUT2D eigenvalue weighted by atomic mass is 79.9. The van der Waals surface area contributed by atoms with Gasteiger partial charge in [-0.3, -0.25) is 4.79 Å². The van der Waals surface area contributed by atoms with Crippen molar-refractivity contribution in [3.63, 3.8) is 0 Å². The van der Waals surface area contributed by atoms with Gasteiger partial charge in [-0.15, -0.1) is 0 Å². The largest absolute Gasteiger partial charge is 0.486 e. The van der Waals surface area contributed by atoms with Crippen LogP contribution >= 0.6 is 15.9 Å². The number of hydrogen-bond acceptors (Lipinski definition) is 5. The third-order valence-corrected chi connectivity index (χ3v) is 3.33. The zero-order valence-corrected chi connectivity index (χ0v) is 13.3. The van der Waals surface area contributed by atoms with Crippen molar-refractivity contribution in [2.24, 2.45) is 0 Å². The molecule has 2 rings (SSSR count). The second-order valence-corrected chi connectivity index (χ2v) is 5.30. The van der Waals surface area contributed by atoms with Crippen LogP contribution in [-0.2, 0) is 6.61 Å². The van der Waals surface area contributed by atoms with Gasteiger partial charge in [0.05, 0.1) is 23.9 Å². The molecule has 0 amide bonds. The monoisotopic (exact) mass is 350 g/mol. The lowest BCUT2D eigenvalue weighted by Gasteiger charge is -2.14. The summed E-state index contributed by atoms with van der Waals surface area (Å²) in [4.78, 5) is 15.8. The summed E-state index contributed by atoms with van der Waals surface area (Å²) in [7, 11) is 1.54. The van der Waals surface area contributed by atoms with Crippen molar-refractivity contribution in [2.45, 2.75) is 13.5 Å². The van der Waals surface area contributed by atoms with Gasteiger partial charge in [0.25, 0.3) is 0 Å². The van der Waals surface area contributed by atoms with E-state index >= 15 is 0 Å². The second kappa shape index (κ2) is 6.58. The first-order chi connectivity index (χ1) is 10.0. The number of Topliss-reactive ketones (excluding diaryl/α,β-unsaturated/α-hetero) is 1. The van der Waals surface area contributed by atoms with Crippen LogP contribution in [0.1, 0.15) is 22.8 Å². The Kier molecular flexibility index (Phi) is 4.80. The van der Waals surface area contributed by atoms with Crippen molar-refractivity contribution in [3.05, 3.63) is 46.1 Å². The van der Waals surface area contributed by atoms with E-state index in [-0.39, 0.29) is 12.4 Å². The Morgan fingerprint density at radius 1 is 1.43 bits per heavy atom. The molecular weight excluding hydrogens is 336 g/mol. The van der Waals surface area contributed by atoms with Gasteiger partial charge in [-0.1, -0.05) is 15.9 Å². The highest BCUT2D eigenvalue weighted by molar-refractivity contribution is 9.10. The van der Waals surface area contributed by atoms with E-state index in [1.807, 2.05) is 6.07 Å². The van der Waals surface area contributed by atoms with E-state index in [9.17, 15) is 4.79 Å². The number of halogens is 1. The Morgan fingerprint density at radius 3 is 2.86 bits per heavy atom. The average Bonchev–Trinajstić information content (AvgIpc) is 2.45. The summed E-state index contributed by atoms with van der Waals surface area (Å²) in [6.45, 7) is 1.68. The van der Waals surface area contributed by atoms with Crippen molar-refractivity contribution in [1.82, 2.24) is 4.98 Å². The third-order valence-electron chi connectivity index (χ3n) is 2.88. The molecule has 0 aliphatic heterocycles. The molecule has 0 bridgehead atoms. The summed E-state index contributed by atoms with van der Waals surface area (Å²) in [5.41, 5.74) is 7.55. The van der Waals surface area contributed by atoms with Crippen LogP contribution in [-0.4, -0.2) is 17.9 Å². The van der Waals surface area contributed by atoms with Crippen LogP contribution < -0.4 is 15.2 Å². The minimum absolute atomic E-state index is 0.115. The van der Waals surface area contributed by atoms with Crippen LogP contribution in [0.4, 0.5) is 5.69 Å². The number of rotatable bonds is 5. The van der Waals surface area contributed by atoms with Crippen LogP contribution in [0.3, 0.4) is 0 Å². The molecule has 0 atom stereocenters. The number of ketones is 1. The fourth-order valence-corrected chi connectivity index (χ4v) is 2.38. The molecule has 0 unspecified atom stereocenters. The molecule has 1 heterocycles. The number of nitrogen functional groups attached to an aromatic ring is 1. The van der Waals surface area contributed by atoms with Gasteiger partial charge in [-0.05, 0) is 31.2 Å². The predicted octanol–water partition coefficient (Wildman–Crippen LogP) is 3.22. The first-order valence-electron chi connectivity index (χ1n) is 6.23. The maximum atomic E-state index is 11.7. The lowest BCUT2D eigenvalue weighted by Crippen LogP contribution is -2.06. The Hall–Kier alpha value is -2.08. The zero-order valence-electron chi connectivity index (χ0n) is 11.7. The van der Waals surface area contributed by atoms with Crippen molar-refractivity contribution in [2.75, 3.05) is 12.8 Å². The Labute approximate surface area is 131 Å². The smallest absolute Gasteiger partial charge is 0.219 e. The van der Waals surface area contributed by atoms with Gasteiger partial charge in [0, 0.05) is 10.7 Å². The number of carbonyl (C=O) groups excluding carboxylic acids is 1. The van der Waals surface area contributed by atoms with Gasteiger partial charge in [0.1, 0.15) is 6.61 Å². The first kappa shape index (κ1) is 15.3. The minimum Gasteiger partial charge on any atom is -0.486 e. The number of benzene rings is 1. The molecule has 0 fully saturated rings. The summed E-state index contributed by atoms with van der Waals surface area (Å²) in [6.07, 6.45) is 1.64. The van der Waals surface area contributed by atoms with E-state index in [1.54, 1.807) is 31.5 Å². The fraction of sp³-hybridized carbons (Fsp3) is 0.200. The molecule has 21 heavy (non-hydrogen) atoms. The van der Waals surface area contributed by atoms with Crippen molar-refractivity contribution < 1.29 is 14.3 Å². The summed E-state index contributed by atoms with van der Waals surface area (Å²) < 4.78 is 11.6. The molecule has 2 N–H and O–H groups in total. The van der Waals surface area contributed by atoms with Gasteiger partial charge in [0.15, 0.2) is 11.5 Å². The Morgan fingerprint density at radius 2 is 2.19 bits per heavy atom. The van der Waals surface area contributed by atoms with E-state index in [0.717, 1.165) is 10.0 Å². The molecule has 5 nitrogen and oxygen atoms in total. The number of aromatic nitrogens is 1. The molecule has 1 aromatic carbocycles. The summed E-state index contributed by atoms with van der Waals surface area (Å²) in [5, 5.41) is 0. The first-order valence-corrected chi connectivity index (χ1v) is 7.03. The lowest BCUT2D eigenvalue weighted by atomic mass is 10.1. The quantitative estimate of drug-likeness (QED) is 0.661. The van der Waals surface area contributed by atoms with Crippen molar-refractivity contribution >= 4 is 27.4 Å². The molecule has 2 aromatic rings. The molecule has 6 heteroatoms. The number of anilines is 1. The Bertz CT molecular complexity index is 674. The number of ether oxygens (including phenoxy) is 2. The average molecular weight is 351 g/mol. The molecule has 0 saturated heterocycles. The van der Waals surface area contributed by atoms with Crippen LogP contribution in [0, 0.1) is 0 Å². The molecule has 0 radical (unpaired) electrons. The number of carbonyl (C=O) groups is 1.